The number of methoxy groups -OCH3 is 1. The molecule has 0 aliphatic heterocycles. The quantitative estimate of drug-likeness (QED) is 0.472. The molecule has 0 aliphatic rings. The summed E-state index contributed by atoms with van der Waals surface area (Å²) in [6.07, 6.45) is -5.15. The van der Waals surface area contributed by atoms with Crippen molar-refractivity contribution in [3.05, 3.63) is 76.2 Å². The molecular weight excluding hydrogens is 415 g/mol. The van der Waals surface area contributed by atoms with Crippen molar-refractivity contribution in [3.63, 3.8) is 0 Å². The second kappa shape index (κ2) is 8.90. The number of para-hydroxylation sites is 3. The highest BCUT2D eigenvalue weighted by atomic mass is 19.4. The molecule has 1 N–H and O–H groups in total. The fourth-order valence-electron chi connectivity index (χ4n) is 2.96. The molecule has 0 unspecified atom stereocenters. The van der Waals surface area contributed by atoms with Crippen molar-refractivity contribution in [3.8, 4) is 11.4 Å². The van der Waals surface area contributed by atoms with E-state index >= 15 is 0 Å². The Morgan fingerprint density at radius 1 is 1.10 bits per heavy atom. The monoisotopic (exact) mass is 433 g/mol. The number of hydrogen-bond acceptors (Lipinski definition) is 5. The predicted octanol–water partition coefficient (Wildman–Crippen LogP) is 3.92. The first-order chi connectivity index (χ1) is 14.7. The fourth-order valence-corrected chi connectivity index (χ4v) is 2.96. The van der Waals surface area contributed by atoms with Crippen LogP contribution in [0.15, 0.2) is 64.4 Å². The summed E-state index contributed by atoms with van der Waals surface area (Å²) in [6, 6.07) is 13.9. The van der Waals surface area contributed by atoms with Gasteiger partial charge in [-0.15, -0.1) is 13.2 Å². The number of benzene rings is 2. The molecule has 0 bridgehead atoms. The van der Waals surface area contributed by atoms with Crippen molar-refractivity contribution in [1.29, 1.82) is 0 Å². The van der Waals surface area contributed by atoms with Crippen LogP contribution in [0.4, 0.5) is 18.9 Å². The van der Waals surface area contributed by atoms with Crippen LogP contribution in [0.3, 0.4) is 0 Å². The second-order valence-electron chi connectivity index (χ2n) is 6.41. The van der Waals surface area contributed by atoms with Gasteiger partial charge in [0.15, 0.2) is 5.75 Å². The van der Waals surface area contributed by atoms with E-state index in [2.05, 4.69) is 19.6 Å². The Morgan fingerprint density at radius 2 is 1.74 bits per heavy atom. The summed E-state index contributed by atoms with van der Waals surface area (Å²) in [5.41, 5.74) is 0.257. The number of aromatic amines is 1. The molecule has 2 aromatic carbocycles. The summed E-state index contributed by atoms with van der Waals surface area (Å²) < 4.78 is 48.0. The summed E-state index contributed by atoms with van der Waals surface area (Å²) in [5.74, 6) is -1.11. The van der Waals surface area contributed by atoms with E-state index in [1.165, 1.54) is 36.9 Å². The SMILES string of the molecule is COC(=O)Cc1[nH]n(-c2ccccc2)c(=O)c1C(C)=Nc1ccccc1OC(F)(F)F. The zero-order valence-electron chi connectivity index (χ0n) is 16.6. The van der Waals surface area contributed by atoms with Crippen molar-refractivity contribution in [2.45, 2.75) is 19.7 Å². The standard InChI is InChI=1S/C21H18F3N3O4/c1-13(25-15-10-6-7-11-17(15)31-21(22,23)24)19-16(12-18(28)30-2)26-27(20(19)29)14-8-4-3-5-9-14/h3-11,26H,12H2,1-2H3. The number of aromatic nitrogens is 2. The lowest BCUT2D eigenvalue weighted by molar-refractivity contribution is -0.274. The average molecular weight is 433 g/mol. The van der Waals surface area contributed by atoms with Gasteiger partial charge in [-0.05, 0) is 31.2 Å². The zero-order valence-corrected chi connectivity index (χ0v) is 16.6. The number of halogens is 3. The fraction of sp³-hybridized carbons (Fsp3) is 0.190. The van der Waals surface area contributed by atoms with Gasteiger partial charge < -0.3 is 9.47 Å². The van der Waals surface area contributed by atoms with Gasteiger partial charge in [-0.3, -0.25) is 14.7 Å². The number of hydrogen-bond donors (Lipinski definition) is 1. The number of carbonyl (C=O) groups excluding carboxylic acids is 1. The van der Waals surface area contributed by atoms with E-state index in [0.717, 1.165) is 6.07 Å². The van der Waals surface area contributed by atoms with Crippen molar-refractivity contribution in [1.82, 2.24) is 9.78 Å². The van der Waals surface area contributed by atoms with E-state index in [1.807, 2.05) is 0 Å². The predicted molar refractivity (Wildman–Crippen MR) is 107 cm³/mol. The number of rotatable bonds is 6. The molecular formula is C21H18F3N3O4. The molecule has 3 aromatic rings. The minimum atomic E-state index is -4.90. The summed E-state index contributed by atoms with van der Waals surface area (Å²) in [5, 5.41) is 2.86. The van der Waals surface area contributed by atoms with Crippen LogP contribution in [0.25, 0.3) is 5.69 Å². The van der Waals surface area contributed by atoms with Crippen molar-refractivity contribution in [2.24, 2.45) is 4.99 Å². The third kappa shape index (κ3) is 5.21. The first kappa shape index (κ1) is 21.9. The molecule has 0 fully saturated rings. The molecule has 1 aromatic heterocycles. The first-order valence-electron chi connectivity index (χ1n) is 9.06. The Morgan fingerprint density at radius 3 is 2.39 bits per heavy atom. The maximum absolute atomic E-state index is 13.1. The van der Waals surface area contributed by atoms with Gasteiger partial charge in [0.05, 0.1) is 36.2 Å². The highest BCUT2D eigenvalue weighted by Crippen LogP contribution is 2.32. The number of alkyl halides is 3. The second-order valence-corrected chi connectivity index (χ2v) is 6.41. The van der Waals surface area contributed by atoms with Crippen LogP contribution in [-0.4, -0.2) is 34.9 Å². The molecule has 0 radical (unpaired) electrons. The average Bonchev–Trinajstić information content (AvgIpc) is 3.04. The lowest BCUT2D eigenvalue weighted by atomic mass is 10.1. The summed E-state index contributed by atoms with van der Waals surface area (Å²) in [7, 11) is 1.21. The van der Waals surface area contributed by atoms with Crippen LogP contribution in [-0.2, 0) is 16.0 Å². The van der Waals surface area contributed by atoms with Gasteiger partial charge >= 0.3 is 12.3 Å². The van der Waals surface area contributed by atoms with Crippen molar-refractivity contribution < 1.29 is 27.4 Å². The van der Waals surface area contributed by atoms with E-state index in [9.17, 15) is 22.8 Å². The van der Waals surface area contributed by atoms with Gasteiger partial charge in [-0.2, -0.15) is 0 Å². The van der Waals surface area contributed by atoms with E-state index in [-0.39, 0.29) is 29.1 Å². The molecule has 0 saturated carbocycles. The number of nitrogens with one attached hydrogen (secondary N) is 1. The molecule has 10 heteroatoms. The normalized spacial score (nSPS) is 12.0. The highest BCUT2D eigenvalue weighted by Gasteiger charge is 2.32. The van der Waals surface area contributed by atoms with Gasteiger partial charge in [0.25, 0.3) is 5.56 Å². The van der Waals surface area contributed by atoms with Crippen molar-refractivity contribution in [2.75, 3.05) is 7.11 Å². The van der Waals surface area contributed by atoms with E-state index in [4.69, 9.17) is 0 Å². The Bertz CT molecular complexity index is 1160. The summed E-state index contributed by atoms with van der Waals surface area (Å²) in [4.78, 5) is 29.1. The number of esters is 1. The third-order valence-corrected chi connectivity index (χ3v) is 4.27. The minimum absolute atomic E-state index is 0.0519. The number of H-pyrrole nitrogens is 1. The van der Waals surface area contributed by atoms with E-state index in [0.29, 0.717) is 5.69 Å². The van der Waals surface area contributed by atoms with Crippen LogP contribution in [0.5, 0.6) is 5.75 Å². The van der Waals surface area contributed by atoms with Crippen LogP contribution in [0.2, 0.25) is 0 Å². The lowest BCUT2D eigenvalue weighted by Gasteiger charge is -2.11. The molecule has 1 heterocycles. The Kier molecular flexibility index (Phi) is 6.28. The third-order valence-electron chi connectivity index (χ3n) is 4.27. The Balaban J connectivity index is 2.12. The topological polar surface area (TPSA) is 85.7 Å². The maximum Gasteiger partial charge on any atom is 0.573 e. The largest absolute Gasteiger partial charge is 0.573 e. The van der Waals surface area contributed by atoms with E-state index in [1.54, 1.807) is 30.3 Å². The van der Waals surface area contributed by atoms with Crippen LogP contribution >= 0.6 is 0 Å². The van der Waals surface area contributed by atoms with Gasteiger partial charge in [0.2, 0.25) is 0 Å². The minimum Gasteiger partial charge on any atom is -0.469 e. The molecule has 3 rings (SSSR count). The smallest absolute Gasteiger partial charge is 0.469 e. The molecule has 31 heavy (non-hydrogen) atoms. The zero-order chi connectivity index (χ0) is 22.6. The summed E-state index contributed by atoms with van der Waals surface area (Å²) >= 11 is 0. The van der Waals surface area contributed by atoms with Gasteiger partial charge in [-0.25, -0.2) is 9.67 Å². The van der Waals surface area contributed by atoms with Crippen LogP contribution in [0, 0.1) is 0 Å². The van der Waals surface area contributed by atoms with Gasteiger partial charge in [0, 0.05) is 0 Å². The first-order valence-corrected chi connectivity index (χ1v) is 9.06. The molecule has 0 amide bonds. The molecule has 0 aliphatic carbocycles. The number of ether oxygens (including phenoxy) is 2. The number of aliphatic imine (C=N–C) groups is 1. The lowest BCUT2D eigenvalue weighted by Crippen LogP contribution is -2.20. The molecule has 0 atom stereocenters. The van der Waals surface area contributed by atoms with Crippen LogP contribution in [0.1, 0.15) is 18.2 Å². The molecule has 0 spiro atoms. The van der Waals surface area contributed by atoms with E-state index < -0.39 is 23.6 Å². The number of carbonyl (C=O) groups is 1. The highest BCUT2D eigenvalue weighted by molar-refractivity contribution is 6.02. The molecule has 7 nitrogen and oxygen atoms in total. The molecule has 0 saturated heterocycles. The number of nitrogens with zero attached hydrogens (tertiary/aromatic N) is 2. The molecule has 162 valence electrons. The Labute approximate surface area is 174 Å². The maximum atomic E-state index is 13.1. The van der Waals surface area contributed by atoms with Crippen LogP contribution < -0.4 is 10.3 Å². The van der Waals surface area contributed by atoms with Crippen molar-refractivity contribution >= 4 is 17.4 Å². The van der Waals surface area contributed by atoms with Gasteiger partial charge in [0.1, 0.15) is 5.69 Å². The van der Waals surface area contributed by atoms with Gasteiger partial charge in [-0.1, -0.05) is 30.3 Å². The Hall–Kier alpha value is -3.82. The summed E-state index contributed by atoms with van der Waals surface area (Å²) in [6.45, 7) is 1.46.